The Morgan fingerprint density at radius 2 is 1.95 bits per heavy atom. The molecule has 1 aromatic heterocycles. The zero-order valence-corrected chi connectivity index (χ0v) is 13.9. The van der Waals surface area contributed by atoms with E-state index in [9.17, 15) is 4.79 Å². The van der Waals surface area contributed by atoms with Gasteiger partial charge in [0.1, 0.15) is 11.9 Å². The number of hydrogen-bond acceptors (Lipinski definition) is 4. The standard InChI is InChI=1S/C17H21NO3S/c1-4-21-14-8-6-13(7-9-14)17(19)18-11-15(20-3)16-10-5-12(2)22-16/h5-10,15H,4,11H2,1-3H3,(H,18,19). The third-order valence-corrected chi connectivity index (χ3v) is 4.33. The van der Waals surface area contributed by atoms with Crippen molar-refractivity contribution < 1.29 is 14.3 Å². The predicted molar refractivity (Wildman–Crippen MR) is 88.8 cm³/mol. The van der Waals surface area contributed by atoms with Crippen molar-refractivity contribution in [3.8, 4) is 5.75 Å². The summed E-state index contributed by atoms with van der Waals surface area (Å²) in [6.45, 7) is 5.04. The molecule has 1 atom stereocenters. The largest absolute Gasteiger partial charge is 0.494 e. The Kier molecular flexibility index (Phi) is 5.98. The number of amides is 1. The molecule has 2 aromatic rings. The number of methoxy groups -OCH3 is 1. The Morgan fingerprint density at radius 1 is 1.23 bits per heavy atom. The summed E-state index contributed by atoms with van der Waals surface area (Å²) in [7, 11) is 1.66. The molecule has 1 aromatic carbocycles. The van der Waals surface area contributed by atoms with E-state index in [4.69, 9.17) is 9.47 Å². The number of nitrogens with one attached hydrogen (secondary N) is 1. The Labute approximate surface area is 135 Å². The molecule has 22 heavy (non-hydrogen) atoms. The molecular formula is C17H21NO3S. The fraction of sp³-hybridized carbons (Fsp3) is 0.353. The van der Waals surface area contributed by atoms with Gasteiger partial charge in [0.05, 0.1) is 6.61 Å². The molecule has 0 fully saturated rings. The van der Waals surface area contributed by atoms with Crippen LogP contribution in [0.3, 0.4) is 0 Å². The summed E-state index contributed by atoms with van der Waals surface area (Å²) in [5, 5.41) is 2.91. The van der Waals surface area contributed by atoms with Crippen LogP contribution in [-0.2, 0) is 4.74 Å². The van der Waals surface area contributed by atoms with Gasteiger partial charge in [-0.15, -0.1) is 11.3 Å². The van der Waals surface area contributed by atoms with Gasteiger partial charge in [-0.3, -0.25) is 4.79 Å². The molecule has 0 radical (unpaired) electrons. The van der Waals surface area contributed by atoms with Crippen molar-refractivity contribution >= 4 is 17.2 Å². The molecule has 2 rings (SSSR count). The number of carbonyl (C=O) groups excluding carboxylic acids is 1. The van der Waals surface area contributed by atoms with E-state index in [0.717, 1.165) is 10.6 Å². The maximum atomic E-state index is 12.2. The molecule has 0 aliphatic heterocycles. The summed E-state index contributed by atoms with van der Waals surface area (Å²) >= 11 is 1.68. The van der Waals surface area contributed by atoms with Crippen molar-refractivity contribution in [3.63, 3.8) is 0 Å². The summed E-state index contributed by atoms with van der Waals surface area (Å²) < 4.78 is 10.8. The van der Waals surface area contributed by atoms with Crippen molar-refractivity contribution in [1.29, 1.82) is 0 Å². The van der Waals surface area contributed by atoms with Crippen molar-refractivity contribution in [3.05, 3.63) is 51.7 Å². The van der Waals surface area contributed by atoms with Crippen LogP contribution in [0.4, 0.5) is 0 Å². The maximum Gasteiger partial charge on any atom is 0.251 e. The zero-order chi connectivity index (χ0) is 15.9. The Balaban J connectivity index is 1.93. The second-order valence-corrected chi connectivity index (χ2v) is 6.16. The molecule has 118 valence electrons. The number of benzene rings is 1. The minimum Gasteiger partial charge on any atom is -0.494 e. The number of thiophene rings is 1. The van der Waals surface area contributed by atoms with Crippen LogP contribution < -0.4 is 10.1 Å². The highest BCUT2D eigenvalue weighted by molar-refractivity contribution is 7.12. The summed E-state index contributed by atoms with van der Waals surface area (Å²) in [6.07, 6.45) is -0.120. The van der Waals surface area contributed by atoms with Crippen LogP contribution in [0, 0.1) is 6.92 Å². The topological polar surface area (TPSA) is 47.6 Å². The molecule has 1 N–H and O–H groups in total. The van der Waals surface area contributed by atoms with Gasteiger partial charge in [0.25, 0.3) is 5.91 Å². The van der Waals surface area contributed by atoms with Crippen LogP contribution in [0.25, 0.3) is 0 Å². The number of aryl methyl sites for hydroxylation is 1. The Morgan fingerprint density at radius 3 is 2.50 bits per heavy atom. The van der Waals surface area contributed by atoms with Gasteiger partial charge in [-0.1, -0.05) is 0 Å². The second-order valence-electron chi connectivity index (χ2n) is 4.84. The van der Waals surface area contributed by atoms with Crippen molar-refractivity contribution in [1.82, 2.24) is 5.32 Å². The van der Waals surface area contributed by atoms with E-state index in [0.29, 0.717) is 18.7 Å². The van der Waals surface area contributed by atoms with Crippen LogP contribution in [0.15, 0.2) is 36.4 Å². The lowest BCUT2D eigenvalue weighted by Crippen LogP contribution is -2.28. The number of rotatable bonds is 7. The molecule has 0 saturated carbocycles. The molecule has 4 nitrogen and oxygen atoms in total. The molecule has 1 heterocycles. The first-order valence-corrected chi connectivity index (χ1v) is 8.06. The lowest BCUT2D eigenvalue weighted by atomic mass is 10.2. The molecule has 1 unspecified atom stereocenters. The molecule has 0 bridgehead atoms. The average molecular weight is 319 g/mol. The van der Waals surface area contributed by atoms with E-state index in [1.54, 1.807) is 42.7 Å². The molecule has 0 spiro atoms. The van der Waals surface area contributed by atoms with Crippen LogP contribution in [0.2, 0.25) is 0 Å². The van der Waals surface area contributed by atoms with Gasteiger partial charge in [-0.05, 0) is 50.2 Å². The highest BCUT2D eigenvalue weighted by atomic mass is 32.1. The summed E-state index contributed by atoms with van der Waals surface area (Å²) in [5.74, 6) is 0.654. The van der Waals surface area contributed by atoms with Gasteiger partial charge in [-0.2, -0.15) is 0 Å². The monoisotopic (exact) mass is 319 g/mol. The summed E-state index contributed by atoms with van der Waals surface area (Å²) in [6, 6.07) is 11.2. The van der Waals surface area contributed by atoms with Gasteiger partial charge in [0.2, 0.25) is 0 Å². The molecule has 0 aliphatic rings. The third kappa shape index (κ3) is 4.32. The van der Waals surface area contributed by atoms with Crippen LogP contribution in [0.1, 0.15) is 33.1 Å². The van der Waals surface area contributed by atoms with Crippen molar-refractivity contribution in [2.75, 3.05) is 20.3 Å². The highest BCUT2D eigenvalue weighted by Gasteiger charge is 2.14. The summed E-state index contributed by atoms with van der Waals surface area (Å²) in [4.78, 5) is 14.5. The fourth-order valence-electron chi connectivity index (χ4n) is 2.08. The van der Waals surface area contributed by atoms with Gasteiger partial charge >= 0.3 is 0 Å². The maximum absolute atomic E-state index is 12.2. The predicted octanol–water partition coefficient (Wildman–Crippen LogP) is 3.57. The molecule has 5 heteroatoms. The molecule has 0 aliphatic carbocycles. The SMILES string of the molecule is CCOc1ccc(C(=O)NCC(OC)c2ccc(C)s2)cc1. The van der Waals surface area contributed by atoms with Gasteiger partial charge in [-0.25, -0.2) is 0 Å². The number of carbonyl (C=O) groups is 1. The van der Waals surface area contributed by atoms with Gasteiger partial charge in [0.15, 0.2) is 0 Å². The van der Waals surface area contributed by atoms with E-state index in [-0.39, 0.29) is 12.0 Å². The Hall–Kier alpha value is -1.85. The minimum atomic E-state index is -0.120. The van der Waals surface area contributed by atoms with Gasteiger partial charge < -0.3 is 14.8 Å². The first kappa shape index (κ1) is 16.5. The van der Waals surface area contributed by atoms with E-state index < -0.39 is 0 Å². The Bertz CT molecular complexity index is 607. The van der Waals surface area contributed by atoms with E-state index in [2.05, 4.69) is 18.3 Å². The van der Waals surface area contributed by atoms with Crippen molar-refractivity contribution in [2.45, 2.75) is 20.0 Å². The molecule has 0 saturated heterocycles. The normalized spacial score (nSPS) is 12.0. The minimum absolute atomic E-state index is 0.113. The van der Waals surface area contributed by atoms with Gasteiger partial charge in [0, 0.05) is 29.0 Å². The zero-order valence-electron chi connectivity index (χ0n) is 13.1. The van der Waals surface area contributed by atoms with E-state index >= 15 is 0 Å². The molecular weight excluding hydrogens is 298 g/mol. The first-order chi connectivity index (χ1) is 10.6. The smallest absolute Gasteiger partial charge is 0.251 e. The van der Waals surface area contributed by atoms with E-state index in [1.807, 2.05) is 13.0 Å². The highest BCUT2D eigenvalue weighted by Crippen LogP contribution is 2.24. The van der Waals surface area contributed by atoms with Crippen molar-refractivity contribution in [2.24, 2.45) is 0 Å². The van der Waals surface area contributed by atoms with Crippen LogP contribution in [-0.4, -0.2) is 26.2 Å². The fourth-order valence-corrected chi connectivity index (χ4v) is 3.04. The van der Waals surface area contributed by atoms with E-state index in [1.165, 1.54) is 4.88 Å². The quantitative estimate of drug-likeness (QED) is 0.848. The first-order valence-electron chi connectivity index (χ1n) is 7.24. The second kappa shape index (κ2) is 7.96. The van der Waals surface area contributed by atoms with Crippen LogP contribution in [0.5, 0.6) is 5.75 Å². The number of ether oxygens (including phenoxy) is 2. The van der Waals surface area contributed by atoms with Crippen LogP contribution >= 0.6 is 11.3 Å². The lowest BCUT2D eigenvalue weighted by molar-refractivity contribution is 0.0837. The lowest BCUT2D eigenvalue weighted by Gasteiger charge is -2.14. The third-order valence-electron chi connectivity index (χ3n) is 3.24. The number of hydrogen-bond donors (Lipinski definition) is 1. The summed E-state index contributed by atoms with van der Waals surface area (Å²) in [5.41, 5.74) is 0.612. The molecule has 1 amide bonds. The average Bonchev–Trinajstić information content (AvgIpc) is 2.95.